The summed E-state index contributed by atoms with van der Waals surface area (Å²) < 4.78 is 10.1. The molecule has 0 bridgehead atoms. The fourth-order valence-electron chi connectivity index (χ4n) is 1.96. The molecule has 0 amide bonds. The summed E-state index contributed by atoms with van der Waals surface area (Å²) in [5.74, 6) is 0.792. The Morgan fingerprint density at radius 1 is 0.649 bits per heavy atom. The van der Waals surface area contributed by atoms with Gasteiger partial charge in [-0.25, -0.2) is 0 Å². The van der Waals surface area contributed by atoms with E-state index in [1.54, 1.807) is 50.6 Å². The van der Waals surface area contributed by atoms with Gasteiger partial charge in [0.1, 0.15) is -0.0619 Å². The van der Waals surface area contributed by atoms with Crippen LogP contribution in [0.4, 0.5) is 17.1 Å². The van der Waals surface area contributed by atoms with Crippen LogP contribution in [0.3, 0.4) is 0 Å². The van der Waals surface area contributed by atoms with E-state index in [-0.39, 0.29) is 63.3 Å². The number of nitro groups is 2. The summed E-state index contributed by atoms with van der Waals surface area (Å²) in [5, 5.41) is 27.0. The number of nitrogens with zero attached hydrogens (tertiary/aromatic N) is 2. The number of hydrogen-bond acceptors (Lipinski definition) is 8. The molecule has 0 atom stereocenters. The van der Waals surface area contributed by atoms with E-state index >= 15 is 0 Å². The average Bonchev–Trinajstić information content (AvgIpc) is 3.21. The minimum atomic E-state index is -0.417. The zero-order valence-corrected chi connectivity index (χ0v) is 48.0. The van der Waals surface area contributed by atoms with E-state index in [2.05, 4.69) is 86.6 Å². The molecular formula is C40H76ClI4N3O7V2-2. The van der Waals surface area contributed by atoms with Crippen LogP contribution in [0.1, 0.15) is 89.0 Å². The van der Waals surface area contributed by atoms with Crippen molar-refractivity contribution in [2.45, 2.75) is 88.9 Å². The summed E-state index contributed by atoms with van der Waals surface area (Å²) in [6.07, 6.45) is 3.33. The maximum atomic E-state index is 10.0. The number of hydrogen-bond donors (Lipinski definition) is 2. The molecule has 0 aliphatic heterocycles. The van der Waals surface area contributed by atoms with Gasteiger partial charge in [0.2, 0.25) is 0 Å². The quantitative estimate of drug-likeness (QED) is 0.0593. The zero-order valence-electron chi connectivity index (χ0n) is 35.8. The molecule has 10 nitrogen and oxygen atoms in total. The Bertz CT molecular complexity index is 925. The summed E-state index contributed by atoms with van der Waals surface area (Å²) in [6.45, 7) is 20.0. The third kappa shape index (κ3) is 119. The minimum absolute atomic E-state index is 0. The fraction of sp³-hybridized carbons (Fsp3) is 0.500. The summed E-state index contributed by atoms with van der Waals surface area (Å²) in [5.41, 5.74) is 6.45. The van der Waals surface area contributed by atoms with Gasteiger partial charge in [-0.2, -0.15) is 0 Å². The second-order valence-corrected chi connectivity index (χ2v) is 18.8. The van der Waals surface area contributed by atoms with Gasteiger partial charge in [0, 0.05) is 107 Å². The predicted molar refractivity (Wildman–Crippen MR) is 283 cm³/mol. The molecule has 0 saturated heterocycles. The number of halogens is 5. The van der Waals surface area contributed by atoms with Gasteiger partial charge in [-0.3, -0.25) is 25.2 Å². The van der Waals surface area contributed by atoms with Crippen LogP contribution in [0.25, 0.3) is 0 Å². The molecule has 3 aromatic rings. The number of alkyl halides is 4. The van der Waals surface area contributed by atoms with Crippen molar-refractivity contribution >= 4 is 119 Å². The standard InChI is InChI=1S/2C6H5NO2.C6H7N.2C4H10O.C3H7Cl.3C2H6.CHI3.CH2I.CH4O.CH4.CH3.2V/c2*8-7(9)6-4-2-1-3-5-6;7-6-4-2-1-3-5-6;2*1-3-4-5-2;1-2-3-4;3*1-2;2-1(3)4;2*1-2;;;;/h2*1-5H;1-5H,7H2;2*3-4H2,1-2H3;2-3H2,1H3;3*1-2H3;1H;1H2;2H,1H3;1H4;1H3;;/q;;;;;;;;;;-1;;;-1;;. The van der Waals surface area contributed by atoms with Crippen molar-refractivity contribution in [3.8, 4) is 0 Å². The molecule has 0 heterocycles. The topological polar surface area (TPSA) is 151 Å². The van der Waals surface area contributed by atoms with Crippen LogP contribution < -0.4 is 5.73 Å². The van der Waals surface area contributed by atoms with Crippen LogP contribution in [0.5, 0.6) is 0 Å². The number of benzene rings is 3. The first-order valence-electron chi connectivity index (χ1n) is 16.8. The molecule has 3 rings (SSSR count). The molecule has 0 spiro atoms. The molecule has 0 unspecified atom stereocenters. The first-order chi connectivity index (χ1) is 25.5. The number of nitro benzene ring substituents is 2. The Morgan fingerprint density at radius 2 is 0.842 bits per heavy atom. The number of aliphatic hydroxyl groups excluding tert-OH is 1. The molecule has 340 valence electrons. The largest absolute Gasteiger partial charge is 0.400 e. The maximum absolute atomic E-state index is 10.0. The van der Waals surface area contributed by atoms with E-state index in [4.69, 9.17) is 31.9 Å². The Kier molecular flexibility index (Phi) is 164. The molecule has 17 heteroatoms. The maximum Gasteiger partial charge on any atom is 0.269 e. The van der Waals surface area contributed by atoms with Crippen LogP contribution in [-0.4, -0.2) is 55.3 Å². The Balaban J connectivity index is -0.0000000349. The Morgan fingerprint density at radius 3 is 0.912 bits per heavy atom. The van der Waals surface area contributed by atoms with Gasteiger partial charge >= 0.3 is 0 Å². The van der Waals surface area contributed by atoms with Crippen molar-refractivity contribution < 1.29 is 61.5 Å². The van der Waals surface area contributed by atoms with Gasteiger partial charge in [0.25, 0.3) is 11.4 Å². The first kappa shape index (κ1) is 92.7. The molecule has 3 aromatic carbocycles. The fourth-order valence-corrected chi connectivity index (χ4v) is 1.96. The Labute approximate surface area is 434 Å². The molecule has 0 fully saturated rings. The summed E-state index contributed by atoms with van der Waals surface area (Å²) in [7, 11) is 4.42. The van der Waals surface area contributed by atoms with Crippen molar-refractivity contribution in [1.82, 2.24) is 0 Å². The number of anilines is 1. The summed E-state index contributed by atoms with van der Waals surface area (Å²) >= 11 is 14.0. The monoisotopic (exact) mass is 1360 g/mol. The van der Waals surface area contributed by atoms with Crippen LogP contribution in [0, 0.1) is 32.6 Å². The zero-order chi connectivity index (χ0) is 43.7. The number of nitrogens with two attached hydrogens (primary N) is 1. The number of rotatable bonds is 7. The summed E-state index contributed by atoms with van der Waals surface area (Å²) in [4.78, 5) is 22.4. The molecular weight excluding hydrogens is 1280 g/mol. The number of ether oxygens (including phenoxy) is 2. The number of non-ortho nitro benzene ring substituents is 2. The van der Waals surface area contributed by atoms with E-state index < -0.39 is 9.85 Å². The minimum Gasteiger partial charge on any atom is -0.400 e. The second-order valence-electron chi connectivity index (χ2n) is 7.52. The van der Waals surface area contributed by atoms with Gasteiger partial charge in [0.15, 0.2) is 0 Å². The van der Waals surface area contributed by atoms with Gasteiger partial charge in [-0.15, -0.1) is 11.6 Å². The first-order valence-corrected chi connectivity index (χ1v) is 22.6. The van der Waals surface area contributed by atoms with Gasteiger partial charge in [-0.05, 0) is 31.4 Å². The van der Waals surface area contributed by atoms with E-state index in [9.17, 15) is 20.2 Å². The van der Waals surface area contributed by atoms with Gasteiger partial charge < -0.3 is 50.3 Å². The molecule has 0 aliphatic rings. The molecule has 57 heavy (non-hydrogen) atoms. The van der Waals surface area contributed by atoms with E-state index in [0.29, 0.717) is 0 Å². The molecule has 0 aromatic heterocycles. The van der Waals surface area contributed by atoms with Crippen molar-refractivity contribution in [2.24, 2.45) is 0 Å². The smallest absolute Gasteiger partial charge is 0.269 e. The SMILES string of the molecule is C.CC.CC.CC.CCCCl.CCCOC.CCCOC.CO.IC(I)I.Nc1ccccc1.O=[N+]([O-])c1ccccc1.O=[N+]([O-])c1ccccc1.[CH2-]I.[CH3-].[V].[V]. The van der Waals surface area contributed by atoms with Gasteiger partial charge in [0.05, 0.1) is 9.85 Å². The van der Waals surface area contributed by atoms with Crippen molar-refractivity contribution in [3.63, 3.8) is 0 Å². The van der Waals surface area contributed by atoms with Crippen LogP contribution in [0.2, 0.25) is 0 Å². The van der Waals surface area contributed by atoms with E-state index in [1.165, 1.54) is 24.3 Å². The van der Waals surface area contributed by atoms with Crippen LogP contribution in [0.15, 0.2) is 91.0 Å². The second kappa shape index (κ2) is 101. The molecule has 3 N–H and O–H groups in total. The third-order valence-electron chi connectivity index (χ3n) is 3.74. The van der Waals surface area contributed by atoms with Gasteiger partial charge in [-0.1, -0.05) is 192 Å². The normalized spacial score (nSPS) is 7.02. The van der Waals surface area contributed by atoms with Crippen molar-refractivity contribution in [1.29, 1.82) is 0 Å². The number of para-hydroxylation sites is 3. The van der Waals surface area contributed by atoms with Crippen molar-refractivity contribution in [3.05, 3.63) is 124 Å². The Hall–Kier alpha value is 0.519. The predicted octanol–water partition coefficient (Wildman–Crippen LogP) is 15.7. The van der Waals surface area contributed by atoms with Crippen molar-refractivity contribution in [2.75, 3.05) is 46.2 Å². The molecule has 0 saturated carbocycles. The number of methoxy groups -OCH3 is 2. The van der Waals surface area contributed by atoms with E-state index in [1.807, 2.05) is 101 Å². The number of aliphatic hydroxyl groups is 1. The average molecular weight is 1360 g/mol. The number of nitrogen functional groups attached to an aromatic ring is 1. The molecule has 2 radical (unpaired) electrons. The summed E-state index contributed by atoms with van der Waals surface area (Å²) in [6, 6.07) is 25.4. The molecule has 0 aliphatic carbocycles. The van der Waals surface area contributed by atoms with Crippen LogP contribution >= 0.6 is 102 Å². The third-order valence-corrected chi connectivity index (χ3v) is 4.12. The van der Waals surface area contributed by atoms with Crippen LogP contribution in [-0.2, 0) is 46.6 Å². The van der Waals surface area contributed by atoms with E-state index in [0.717, 1.165) is 51.1 Å².